The van der Waals surface area contributed by atoms with Crippen molar-refractivity contribution in [2.45, 2.75) is 18.7 Å². The van der Waals surface area contributed by atoms with Crippen LogP contribution < -0.4 is 10.0 Å². The van der Waals surface area contributed by atoms with E-state index in [1.807, 2.05) is 32.0 Å². The number of carbonyl (C=O) groups is 1. The van der Waals surface area contributed by atoms with Gasteiger partial charge in [0.15, 0.2) is 0 Å². The fraction of sp³-hybridized carbons (Fsp3) is 0.0952. The Hall–Kier alpha value is -3.52. The van der Waals surface area contributed by atoms with Crippen LogP contribution in [0.25, 0.3) is 6.08 Å². The molecule has 8 heteroatoms. The molecular weight excluding hydrogens is 388 g/mol. The zero-order chi connectivity index (χ0) is 20.9. The number of nitrogens with one attached hydrogen (secondary N) is 2. The fourth-order valence-electron chi connectivity index (χ4n) is 2.61. The average Bonchev–Trinajstić information content (AvgIpc) is 2.68. The van der Waals surface area contributed by atoms with E-state index in [4.69, 9.17) is 0 Å². The Morgan fingerprint density at radius 3 is 2.34 bits per heavy atom. The highest BCUT2D eigenvalue weighted by Crippen LogP contribution is 2.17. The van der Waals surface area contributed by atoms with Crippen LogP contribution in [-0.4, -0.2) is 24.3 Å². The molecule has 29 heavy (non-hydrogen) atoms. The average molecular weight is 408 g/mol. The number of rotatable bonds is 6. The number of anilines is 2. The first kappa shape index (κ1) is 20.2. The third-order valence-electron chi connectivity index (χ3n) is 4.06. The highest BCUT2D eigenvalue weighted by molar-refractivity contribution is 7.92. The van der Waals surface area contributed by atoms with Crippen LogP contribution in [0.4, 0.5) is 11.6 Å². The molecule has 0 bridgehead atoms. The van der Waals surface area contributed by atoms with Crippen LogP contribution in [0.5, 0.6) is 0 Å². The summed E-state index contributed by atoms with van der Waals surface area (Å²) in [5, 5.41) is 2.71. The van der Waals surface area contributed by atoms with Crippen molar-refractivity contribution in [3.05, 3.63) is 83.7 Å². The second-order valence-corrected chi connectivity index (χ2v) is 8.07. The number of carbonyl (C=O) groups excluding carboxylic acids is 1. The molecule has 3 rings (SSSR count). The molecule has 1 heterocycles. The van der Waals surface area contributed by atoms with Crippen LogP contribution in [0.1, 0.15) is 16.7 Å². The van der Waals surface area contributed by atoms with Gasteiger partial charge in [-0.1, -0.05) is 23.8 Å². The highest BCUT2D eigenvalue weighted by Gasteiger charge is 2.15. The van der Waals surface area contributed by atoms with Crippen molar-refractivity contribution >= 4 is 33.6 Å². The molecule has 2 aromatic carbocycles. The standard InChI is InChI=1S/C21H20N4O3S/c1-15-4-5-17(16(2)14-15)6-11-20(26)24-18-7-9-19(10-8-18)29(27,28)25-21-22-12-3-13-23-21/h3-14H,1-2H3,(H,24,26)(H,22,23,25)/b11-6+. The first-order chi connectivity index (χ1) is 13.8. The zero-order valence-electron chi connectivity index (χ0n) is 16.0. The molecule has 0 unspecified atom stereocenters. The number of hydrogen-bond donors (Lipinski definition) is 2. The molecule has 3 aromatic rings. The van der Waals surface area contributed by atoms with Gasteiger partial charge in [-0.25, -0.2) is 23.1 Å². The van der Waals surface area contributed by atoms with E-state index in [1.54, 1.807) is 12.1 Å². The van der Waals surface area contributed by atoms with E-state index >= 15 is 0 Å². The number of aromatic nitrogens is 2. The lowest BCUT2D eigenvalue weighted by molar-refractivity contribution is -0.111. The molecule has 0 radical (unpaired) electrons. The Labute approximate surface area is 169 Å². The molecule has 7 nitrogen and oxygen atoms in total. The van der Waals surface area contributed by atoms with Gasteiger partial charge in [0.25, 0.3) is 10.0 Å². The predicted molar refractivity (Wildman–Crippen MR) is 113 cm³/mol. The number of aryl methyl sites for hydroxylation is 2. The maximum Gasteiger partial charge on any atom is 0.264 e. The van der Waals surface area contributed by atoms with Gasteiger partial charge in [0, 0.05) is 24.2 Å². The number of nitrogens with zero attached hydrogens (tertiary/aromatic N) is 2. The summed E-state index contributed by atoms with van der Waals surface area (Å²) in [6.45, 7) is 4.00. The normalized spacial score (nSPS) is 11.4. The minimum atomic E-state index is -3.81. The molecule has 148 valence electrons. The molecule has 0 aliphatic heterocycles. The number of benzene rings is 2. The van der Waals surface area contributed by atoms with Crippen LogP contribution in [-0.2, 0) is 14.8 Å². The van der Waals surface area contributed by atoms with E-state index in [0.717, 1.165) is 16.7 Å². The van der Waals surface area contributed by atoms with E-state index in [0.29, 0.717) is 5.69 Å². The summed E-state index contributed by atoms with van der Waals surface area (Å²) < 4.78 is 27.0. The van der Waals surface area contributed by atoms with Crippen molar-refractivity contribution in [3.8, 4) is 0 Å². The molecule has 1 aromatic heterocycles. The second kappa shape index (κ2) is 8.66. The van der Waals surface area contributed by atoms with Crippen LogP contribution >= 0.6 is 0 Å². The maximum atomic E-state index is 12.4. The van der Waals surface area contributed by atoms with Gasteiger partial charge in [-0.2, -0.15) is 0 Å². The van der Waals surface area contributed by atoms with E-state index in [9.17, 15) is 13.2 Å². The highest BCUT2D eigenvalue weighted by atomic mass is 32.2. The lowest BCUT2D eigenvalue weighted by Gasteiger charge is -2.07. The van der Waals surface area contributed by atoms with Gasteiger partial charge in [0.1, 0.15) is 0 Å². The Morgan fingerprint density at radius 2 is 1.69 bits per heavy atom. The fourth-order valence-corrected chi connectivity index (χ4v) is 3.57. The van der Waals surface area contributed by atoms with Crippen molar-refractivity contribution in [2.24, 2.45) is 0 Å². The van der Waals surface area contributed by atoms with Gasteiger partial charge in [0.05, 0.1) is 4.90 Å². The molecule has 1 amide bonds. The van der Waals surface area contributed by atoms with E-state index in [-0.39, 0.29) is 16.8 Å². The van der Waals surface area contributed by atoms with E-state index in [2.05, 4.69) is 20.0 Å². The van der Waals surface area contributed by atoms with Crippen molar-refractivity contribution in [1.29, 1.82) is 0 Å². The summed E-state index contributed by atoms with van der Waals surface area (Å²) in [5.41, 5.74) is 3.68. The summed E-state index contributed by atoms with van der Waals surface area (Å²) in [6.07, 6.45) is 6.06. The van der Waals surface area contributed by atoms with E-state index in [1.165, 1.54) is 42.7 Å². The lowest BCUT2D eigenvalue weighted by Crippen LogP contribution is -2.15. The summed E-state index contributed by atoms with van der Waals surface area (Å²) in [4.78, 5) is 19.9. The molecule has 0 aliphatic rings. The molecule has 0 aliphatic carbocycles. The molecule has 0 saturated carbocycles. The van der Waals surface area contributed by atoms with Crippen LogP contribution in [0.2, 0.25) is 0 Å². The molecular formula is C21H20N4O3S. The van der Waals surface area contributed by atoms with Crippen LogP contribution in [0.3, 0.4) is 0 Å². The van der Waals surface area contributed by atoms with Crippen LogP contribution in [0, 0.1) is 13.8 Å². The van der Waals surface area contributed by atoms with Crippen molar-refractivity contribution in [2.75, 3.05) is 10.0 Å². The lowest BCUT2D eigenvalue weighted by atomic mass is 10.1. The molecule has 0 fully saturated rings. The number of amides is 1. The summed E-state index contributed by atoms with van der Waals surface area (Å²) >= 11 is 0. The monoisotopic (exact) mass is 408 g/mol. The Bertz CT molecular complexity index is 1140. The van der Waals surface area contributed by atoms with Crippen molar-refractivity contribution in [1.82, 2.24) is 9.97 Å². The third-order valence-corrected chi connectivity index (χ3v) is 5.41. The minimum absolute atomic E-state index is 0.0126. The summed E-state index contributed by atoms with van der Waals surface area (Å²) in [6, 6.07) is 13.4. The van der Waals surface area contributed by atoms with Gasteiger partial charge < -0.3 is 5.32 Å². The van der Waals surface area contributed by atoms with E-state index < -0.39 is 10.0 Å². The SMILES string of the molecule is Cc1ccc(/C=C/C(=O)Nc2ccc(S(=O)(=O)Nc3ncccn3)cc2)c(C)c1. The Kier molecular flexibility index (Phi) is 6.04. The molecule has 0 atom stereocenters. The van der Waals surface area contributed by atoms with Crippen molar-refractivity contribution in [3.63, 3.8) is 0 Å². The van der Waals surface area contributed by atoms with Gasteiger partial charge in [-0.3, -0.25) is 4.79 Å². The minimum Gasteiger partial charge on any atom is -0.323 e. The second-order valence-electron chi connectivity index (χ2n) is 6.38. The van der Waals surface area contributed by atoms with Gasteiger partial charge >= 0.3 is 0 Å². The summed E-state index contributed by atoms with van der Waals surface area (Å²) in [5.74, 6) is -0.321. The Balaban J connectivity index is 1.65. The number of hydrogen-bond acceptors (Lipinski definition) is 5. The van der Waals surface area contributed by atoms with Gasteiger partial charge in [0.2, 0.25) is 11.9 Å². The molecule has 2 N–H and O–H groups in total. The zero-order valence-corrected chi connectivity index (χ0v) is 16.8. The predicted octanol–water partition coefficient (Wildman–Crippen LogP) is 3.55. The smallest absolute Gasteiger partial charge is 0.264 e. The first-order valence-electron chi connectivity index (χ1n) is 8.80. The third kappa shape index (κ3) is 5.49. The number of sulfonamides is 1. The largest absolute Gasteiger partial charge is 0.323 e. The quantitative estimate of drug-likeness (QED) is 0.608. The van der Waals surface area contributed by atoms with Crippen LogP contribution in [0.15, 0.2) is 71.9 Å². The van der Waals surface area contributed by atoms with Crippen molar-refractivity contribution < 1.29 is 13.2 Å². The first-order valence-corrected chi connectivity index (χ1v) is 10.3. The molecule has 0 saturated heterocycles. The Morgan fingerprint density at radius 1 is 1.00 bits per heavy atom. The maximum absolute atomic E-state index is 12.4. The molecule has 0 spiro atoms. The topological polar surface area (TPSA) is 101 Å². The summed E-state index contributed by atoms with van der Waals surface area (Å²) in [7, 11) is -3.81. The van der Waals surface area contributed by atoms with Gasteiger partial charge in [-0.05, 0) is 61.4 Å². The van der Waals surface area contributed by atoms with Gasteiger partial charge in [-0.15, -0.1) is 0 Å².